The van der Waals surface area contributed by atoms with E-state index in [0.29, 0.717) is 12.8 Å². The fourth-order valence-electron chi connectivity index (χ4n) is 5.30. The van der Waals surface area contributed by atoms with Crippen molar-refractivity contribution in [3.8, 4) is 0 Å². The van der Waals surface area contributed by atoms with E-state index in [2.05, 4.69) is 30.5 Å². The Hall–Kier alpha value is -1.21. The number of esters is 2. The molecule has 0 aliphatic carbocycles. The summed E-state index contributed by atoms with van der Waals surface area (Å²) in [5, 5.41) is 0. The van der Waals surface area contributed by atoms with Gasteiger partial charge in [-0.25, -0.2) is 4.57 Å². The van der Waals surface area contributed by atoms with Gasteiger partial charge in [0.1, 0.15) is 6.61 Å². The monoisotopic (exact) mass is 674 g/mol. The number of carbonyl (C=O) groups is 2. The molecule has 0 rings (SSSR count). The smallest absolute Gasteiger partial charge is 0.462 e. The minimum absolute atomic E-state index is 0.223. The third kappa shape index (κ3) is 32.7. The molecule has 0 fully saturated rings. The van der Waals surface area contributed by atoms with E-state index in [9.17, 15) is 19.0 Å². The summed E-state index contributed by atoms with van der Waals surface area (Å²) in [5.74, 6) is -0.808. The number of rotatable bonds is 35. The summed E-state index contributed by atoms with van der Waals surface area (Å²) in [7, 11) is -3.19. The lowest BCUT2D eigenvalue weighted by Crippen LogP contribution is -2.29. The van der Waals surface area contributed by atoms with E-state index in [-0.39, 0.29) is 19.0 Å². The molecule has 0 aliphatic heterocycles. The van der Waals surface area contributed by atoms with Crippen molar-refractivity contribution < 1.29 is 37.6 Å². The van der Waals surface area contributed by atoms with Crippen LogP contribution in [0.2, 0.25) is 0 Å². The Bertz CT molecular complexity index is 772. The molecule has 0 aromatic rings. The first-order valence-corrected chi connectivity index (χ1v) is 20.4. The highest BCUT2D eigenvalue weighted by atomic mass is 31.2. The zero-order valence-electron chi connectivity index (χ0n) is 30.0. The Labute approximate surface area is 282 Å². The molecule has 0 bridgehead atoms. The number of hydrogen-bond acceptors (Lipinski definition) is 7. The summed E-state index contributed by atoms with van der Waals surface area (Å²) >= 11 is 0. The summed E-state index contributed by atoms with van der Waals surface area (Å²) in [4.78, 5) is 34.3. The van der Waals surface area contributed by atoms with Gasteiger partial charge in [-0.1, -0.05) is 148 Å². The van der Waals surface area contributed by atoms with Crippen molar-refractivity contribution >= 4 is 19.8 Å². The van der Waals surface area contributed by atoms with Gasteiger partial charge in [-0.3, -0.25) is 18.6 Å². The highest BCUT2D eigenvalue weighted by Crippen LogP contribution is 2.42. The van der Waals surface area contributed by atoms with E-state index < -0.39 is 26.5 Å². The maximum atomic E-state index is 12.4. The van der Waals surface area contributed by atoms with Crippen LogP contribution < -0.4 is 0 Å². The first-order valence-electron chi connectivity index (χ1n) is 18.9. The van der Waals surface area contributed by atoms with Crippen LogP contribution in [0.25, 0.3) is 0 Å². The average molecular weight is 675 g/mol. The highest BCUT2D eigenvalue weighted by Gasteiger charge is 2.24. The van der Waals surface area contributed by atoms with Gasteiger partial charge in [-0.2, -0.15) is 0 Å². The van der Waals surface area contributed by atoms with Crippen LogP contribution in [-0.2, 0) is 32.7 Å². The number of phosphoric ester groups is 1. The third-order valence-corrected chi connectivity index (χ3v) is 9.20. The number of unbranched alkanes of at least 4 members (excludes halogenated alkanes) is 22. The fraction of sp³-hybridized carbons (Fsp3) is 0.892. The van der Waals surface area contributed by atoms with Crippen molar-refractivity contribution in [2.24, 2.45) is 0 Å². The molecule has 0 aromatic heterocycles. The SMILES string of the molecule is CCCCCCCCC/C=C\CCCCCCCC(=O)OC(COC(=O)CCCCCCCCCCCCC)COP(=O)(O)OC. The highest BCUT2D eigenvalue weighted by molar-refractivity contribution is 7.47. The van der Waals surface area contributed by atoms with Gasteiger partial charge in [0, 0.05) is 20.0 Å². The van der Waals surface area contributed by atoms with Crippen LogP contribution in [0.5, 0.6) is 0 Å². The molecule has 0 amide bonds. The van der Waals surface area contributed by atoms with E-state index in [1.807, 2.05) is 0 Å². The molecule has 272 valence electrons. The van der Waals surface area contributed by atoms with Crippen LogP contribution in [0.4, 0.5) is 0 Å². The van der Waals surface area contributed by atoms with Gasteiger partial charge in [0.25, 0.3) is 0 Å². The van der Waals surface area contributed by atoms with E-state index in [1.165, 1.54) is 103 Å². The summed E-state index contributed by atoms with van der Waals surface area (Å²) in [5.41, 5.74) is 0. The molecular formula is C37H71O8P. The second kappa shape index (κ2) is 33.7. The predicted octanol–water partition coefficient (Wildman–Crippen LogP) is 11.3. The second-order valence-electron chi connectivity index (χ2n) is 12.7. The molecule has 0 spiro atoms. The van der Waals surface area contributed by atoms with Gasteiger partial charge >= 0.3 is 19.8 Å². The van der Waals surface area contributed by atoms with Gasteiger partial charge in [0.05, 0.1) is 6.61 Å². The van der Waals surface area contributed by atoms with Crippen molar-refractivity contribution in [3.63, 3.8) is 0 Å². The van der Waals surface area contributed by atoms with E-state index in [4.69, 9.17) is 14.0 Å². The zero-order chi connectivity index (χ0) is 34.0. The van der Waals surface area contributed by atoms with Gasteiger partial charge in [0.2, 0.25) is 0 Å². The quantitative estimate of drug-likeness (QED) is 0.0306. The number of carbonyl (C=O) groups excluding carboxylic acids is 2. The number of ether oxygens (including phenoxy) is 2. The normalized spacial score (nSPS) is 13.6. The molecular weight excluding hydrogens is 603 g/mol. The molecule has 0 radical (unpaired) electrons. The fourth-order valence-corrected chi connectivity index (χ4v) is 5.76. The Balaban J connectivity index is 4.05. The minimum atomic E-state index is -4.25. The van der Waals surface area contributed by atoms with Gasteiger partial charge in [-0.05, 0) is 38.5 Å². The molecule has 2 atom stereocenters. The van der Waals surface area contributed by atoms with Crippen LogP contribution in [-0.4, -0.2) is 43.3 Å². The van der Waals surface area contributed by atoms with Crippen LogP contribution in [0, 0.1) is 0 Å². The van der Waals surface area contributed by atoms with Crippen molar-refractivity contribution in [2.45, 2.75) is 193 Å². The summed E-state index contributed by atoms with van der Waals surface area (Å²) in [6.07, 6.45) is 34.0. The maximum absolute atomic E-state index is 12.4. The molecule has 0 saturated carbocycles. The van der Waals surface area contributed by atoms with Crippen molar-refractivity contribution in [1.29, 1.82) is 0 Å². The largest absolute Gasteiger partial charge is 0.472 e. The molecule has 0 saturated heterocycles. The van der Waals surface area contributed by atoms with E-state index in [0.717, 1.165) is 58.5 Å². The Morgan fingerprint density at radius 3 is 1.41 bits per heavy atom. The summed E-state index contributed by atoms with van der Waals surface area (Å²) < 4.78 is 31.8. The molecule has 1 N–H and O–H groups in total. The standard InChI is InChI=1S/C37H71O8P/c1-4-6-8-10-12-14-16-17-18-19-20-22-24-26-28-30-32-37(39)45-35(34-44-46(40,41)42-3)33-43-36(38)31-29-27-25-23-21-15-13-11-9-7-5-2/h18-19,35H,4-17,20-34H2,1-3H3,(H,40,41)/b19-18-. The number of allylic oxidation sites excluding steroid dienone is 2. The Kier molecular flexibility index (Phi) is 32.8. The topological polar surface area (TPSA) is 108 Å². The van der Waals surface area contributed by atoms with Gasteiger partial charge in [0.15, 0.2) is 6.10 Å². The van der Waals surface area contributed by atoms with Crippen LogP contribution in [0.15, 0.2) is 12.2 Å². The lowest BCUT2D eigenvalue weighted by Gasteiger charge is -2.19. The second-order valence-corrected chi connectivity index (χ2v) is 14.3. The first-order chi connectivity index (χ1) is 22.3. The van der Waals surface area contributed by atoms with Gasteiger partial charge < -0.3 is 14.4 Å². The average Bonchev–Trinajstić information content (AvgIpc) is 3.04. The predicted molar refractivity (Wildman–Crippen MR) is 189 cm³/mol. The summed E-state index contributed by atoms with van der Waals surface area (Å²) in [6.45, 7) is 3.87. The maximum Gasteiger partial charge on any atom is 0.472 e. The molecule has 0 aliphatic rings. The molecule has 9 heteroatoms. The van der Waals surface area contributed by atoms with Crippen LogP contribution in [0.1, 0.15) is 187 Å². The van der Waals surface area contributed by atoms with Gasteiger partial charge in [-0.15, -0.1) is 0 Å². The molecule has 2 unspecified atom stereocenters. The van der Waals surface area contributed by atoms with Crippen molar-refractivity contribution in [3.05, 3.63) is 12.2 Å². The van der Waals surface area contributed by atoms with Crippen molar-refractivity contribution in [1.82, 2.24) is 0 Å². The van der Waals surface area contributed by atoms with E-state index >= 15 is 0 Å². The molecule has 0 aromatic carbocycles. The molecule has 46 heavy (non-hydrogen) atoms. The first kappa shape index (κ1) is 44.8. The molecule has 0 heterocycles. The lowest BCUT2D eigenvalue weighted by atomic mass is 10.1. The minimum Gasteiger partial charge on any atom is -0.462 e. The summed E-state index contributed by atoms with van der Waals surface area (Å²) in [6, 6.07) is 0. The Morgan fingerprint density at radius 1 is 0.587 bits per heavy atom. The number of phosphoric acid groups is 1. The Morgan fingerprint density at radius 2 is 0.978 bits per heavy atom. The number of hydrogen-bond donors (Lipinski definition) is 1. The third-order valence-electron chi connectivity index (χ3n) is 8.26. The van der Waals surface area contributed by atoms with Crippen molar-refractivity contribution in [2.75, 3.05) is 20.3 Å². The lowest BCUT2D eigenvalue weighted by molar-refractivity contribution is -0.161. The molecule has 8 nitrogen and oxygen atoms in total. The van der Waals surface area contributed by atoms with Crippen LogP contribution >= 0.6 is 7.82 Å². The van der Waals surface area contributed by atoms with Crippen LogP contribution in [0.3, 0.4) is 0 Å². The van der Waals surface area contributed by atoms with E-state index in [1.54, 1.807) is 0 Å². The zero-order valence-corrected chi connectivity index (χ0v) is 30.9.